The highest BCUT2D eigenvalue weighted by atomic mass is 32.2. The fourth-order valence-corrected chi connectivity index (χ4v) is 5.14. The van der Waals surface area contributed by atoms with Gasteiger partial charge in [-0.15, -0.1) is 11.3 Å². The number of thiocarbonyl (C=S) groups is 1. The average molecular weight is 458 g/mol. The number of hydrogen-bond acceptors (Lipinski definition) is 6. The van der Waals surface area contributed by atoms with Crippen LogP contribution in [-0.4, -0.2) is 46.2 Å². The first-order chi connectivity index (χ1) is 14.5. The van der Waals surface area contributed by atoms with Crippen molar-refractivity contribution in [3.05, 3.63) is 57.3 Å². The maximum absolute atomic E-state index is 12.6. The number of thioether (sulfide) groups is 1. The molecular weight excluding hydrogens is 438 g/mol. The van der Waals surface area contributed by atoms with Gasteiger partial charge in [0.25, 0.3) is 5.91 Å². The van der Waals surface area contributed by atoms with Crippen LogP contribution < -0.4 is 10.1 Å². The molecule has 30 heavy (non-hydrogen) atoms. The summed E-state index contributed by atoms with van der Waals surface area (Å²) in [5.41, 5.74) is 2.11. The van der Waals surface area contributed by atoms with Crippen molar-refractivity contribution in [1.29, 1.82) is 0 Å². The van der Waals surface area contributed by atoms with Gasteiger partial charge in [-0.1, -0.05) is 30.0 Å². The van der Waals surface area contributed by atoms with E-state index < -0.39 is 0 Å². The van der Waals surface area contributed by atoms with Gasteiger partial charge in [0, 0.05) is 28.5 Å². The van der Waals surface area contributed by atoms with Crippen molar-refractivity contribution in [3.8, 4) is 5.75 Å². The minimum Gasteiger partial charge on any atom is -0.497 e. The molecule has 0 spiro atoms. The van der Waals surface area contributed by atoms with Crippen LogP contribution in [0.25, 0.3) is 17.0 Å². The number of ether oxygens (including phenoxy) is 1. The molecule has 1 aliphatic heterocycles. The largest absolute Gasteiger partial charge is 0.497 e. The number of aromatic nitrogens is 1. The van der Waals surface area contributed by atoms with Crippen LogP contribution in [0.1, 0.15) is 10.4 Å². The molecule has 2 N–H and O–H groups in total. The van der Waals surface area contributed by atoms with Gasteiger partial charge in [0.2, 0.25) is 5.91 Å². The van der Waals surface area contributed by atoms with Crippen LogP contribution in [-0.2, 0) is 16.0 Å². The van der Waals surface area contributed by atoms with Gasteiger partial charge in [-0.25, -0.2) is 0 Å². The molecule has 0 saturated carbocycles. The second-order valence-electron chi connectivity index (χ2n) is 6.61. The Morgan fingerprint density at radius 3 is 3.00 bits per heavy atom. The number of aromatic amines is 1. The molecule has 3 heterocycles. The number of carbonyl (C=O) groups excluding carboxylic acids is 2. The Bertz CT molecular complexity index is 1140. The van der Waals surface area contributed by atoms with Crippen molar-refractivity contribution < 1.29 is 14.3 Å². The maximum atomic E-state index is 12.6. The summed E-state index contributed by atoms with van der Waals surface area (Å²) in [4.78, 5) is 31.1. The monoisotopic (exact) mass is 457 g/mol. The molecular formula is C21H19N3O3S3. The van der Waals surface area contributed by atoms with E-state index in [1.54, 1.807) is 18.4 Å². The van der Waals surface area contributed by atoms with E-state index in [4.69, 9.17) is 17.0 Å². The number of benzene rings is 1. The quantitative estimate of drug-likeness (QED) is 0.417. The van der Waals surface area contributed by atoms with Crippen LogP contribution in [0, 0.1) is 0 Å². The first-order valence-electron chi connectivity index (χ1n) is 9.24. The van der Waals surface area contributed by atoms with Gasteiger partial charge >= 0.3 is 0 Å². The molecule has 0 bridgehead atoms. The van der Waals surface area contributed by atoms with Crippen LogP contribution in [0.3, 0.4) is 0 Å². The second kappa shape index (κ2) is 9.03. The van der Waals surface area contributed by atoms with E-state index >= 15 is 0 Å². The summed E-state index contributed by atoms with van der Waals surface area (Å²) in [5.74, 6) is 0.329. The Morgan fingerprint density at radius 1 is 1.37 bits per heavy atom. The zero-order valence-corrected chi connectivity index (χ0v) is 18.6. The second-order valence-corrected chi connectivity index (χ2v) is 9.26. The van der Waals surface area contributed by atoms with Crippen molar-refractivity contribution in [2.75, 3.05) is 20.2 Å². The van der Waals surface area contributed by atoms with Crippen LogP contribution in [0.15, 0.2) is 46.8 Å². The van der Waals surface area contributed by atoms with Gasteiger partial charge in [0.15, 0.2) is 0 Å². The molecule has 3 aromatic rings. The number of H-pyrrole nitrogens is 1. The third-order valence-electron chi connectivity index (χ3n) is 4.68. The lowest BCUT2D eigenvalue weighted by Gasteiger charge is -2.14. The van der Waals surface area contributed by atoms with Crippen LogP contribution in [0.2, 0.25) is 0 Å². The molecule has 9 heteroatoms. The summed E-state index contributed by atoms with van der Waals surface area (Å²) >= 11 is 8.07. The highest BCUT2D eigenvalue weighted by Crippen LogP contribution is 2.33. The minimum absolute atomic E-state index is 0.0752. The molecule has 1 fully saturated rings. The Labute approximate surface area is 187 Å². The Morgan fingerprint density at radius 2 is 2.23 bits per heavy atom. The third-order valence-corrected chi connectivity index (χ3v) is 6.88. The Kier molecular flexibility index (Phi) is 6.21. The predicted octanol–water partition coefficient (Wildman–Crippen LogP) is 3.80. The fraction of sp³-hybridized carbons (Fsp3) is 0.190. The summed E-state index contributed by atoms with van der Waals surface area (Å²) in [6.07, 6.45) is 4.41. The zero-order valence-electron chi connectivity index (χ0n) is 16.1. The van der Waals surface area contributed by atoms with Crippen molar-refractivity contribution in [3.63, 3.8) is 0 Å². The molecule has 4 rings (SSSR count). The smallest absolute Gasteiger partial charge is 0.266 e. The molecule has 2 aromatic heterocycles. The summed E-state index contributed by atoms with van der Waals surface area (Å²) < 4.78 is 5.69. The standard InChI is InChI=1S/C21H19N3O3S3/c1-27-14-4-5-17-16(9-14)13(11-23-17)6-7-22-19(25)12-24-20(26)18(30-21(24)28)10-15-3-2-8-29-15/h2-5,8-11,23H,6-7,12H2,1H3,(H,22,25)/b18-10-. The van der Waals surface area contributed by atoms with Gasteiger partial charge in [0.05, 0.1) is 12.0 Å². The van der Waals surface area contributed by atoms with Crippen LogP contribution >= 0.6 is 35.3 Å². The number of carbonyl (C=O) groups is 2. The fourth-order valence-electron chi connectivity index (χ4n) is 3.17. The van der Waals surface area contributed by atoms with E-state index in [1.165, 1.54) is 16.7 Å². The SMILES string of the molecule is COc1ccc2[nH]cc(CCNC(=O)CN3C(=O)/C(=C/c4cccs4)SC3=S)c2c1. The van der Waals surface area contributed by atoms with Gasteiger partial charge < -0.3 is 15.0 Å². The van der Waals surface area contributed by atoms with Crippen LogP contribution in [0.5, 0.6) is 5.75 Å². The van der Waals surface area contributed by atoms with E-state index in [2.05, 4.69) is 10.3 Å². The molecule has 0 radical (unpaired) electrons. The molecule has 1 aromatic carbocycles. The summed E-state index contributed by atoms with van der Waals surface area (Å²) in [6.45, 7) is 0.386. The molecule has 0 atom stereocenters. The number of methoxy groups -OCH3 is 1. The third kappa shape index (κ3) is 4.43. The molecule has 0 aliphatic carbocycles. The zero-order chi connectivity index (χ0) is 21.1. The van der Waals surface area contributed by atoms with Gasteiger partial charge in [-0.05, 0) is 47.7 Å². The number of nitrogens with zero attached hydrogens (tertiary/aromatic N) is 1. The number of fused-ring (bicyclic) bond motifs is 1. The van der Waals surface area contributed by atoms with Gasteiger partial charge in [0.1, 0.15) is 16.6 Å². The molecule has 0 unspecified atom stereocenters. The predicted molar refractivity (Wildman–Crippen MR) is 126 cm³/mol. The number of thiophene rings is 1. The lowest BCUT2D eigenvalue weighted by atomic mass is 10.1. The van der Waals surface area contributed by atoms with Crippen molar-refractivity contribution in [2.24, 2.45) is 0 Å². The number of hydrogen-bond donors (Lipinski definition) is 2. The van der Waals surface area contributed by atoms with Crippen LogP contribution in [0.4, 0.5) is 0 Å². The summed E-state index contributed by atoms with van der Waals surface area (Å²) in [7, 11) is 1.64. The van der Waals surface area contributed by atoms with Crippen molar-refractivity contribution in [1.82, 2.24) is 15.2 Å². The van der Waals surface area contributed by atoms with E-state index in [1.807, 2.05) is 48.0 Å². The molecule has 154 valence electrons. The first-order valence-corrected chi connectivity index (χ1v) is 11.3. The minimum atomic E-state index is -0.235. The summed E-state index contributed by atoms with van der Waals surface area (Å²) in [5, 5.41) is 5.90. The molecule has 6 nitrogen and oxygen atoms in total. The van der Waals surface area contributed by atoms with Crippen molar-refractivity contribution in [2.45, 2.75) is 6.42 Å². The Balaban J connectivity index is 1.33. The normalized spacial score (nSPS) is 15.4. The number of nitrogens with one attached hydrogen (secondary N) is 2. The average Bonchev–Trinajstić information content (AvgIpc) is 3.45. The first kappa shape index (κ1) is 20.6. The lowest BCUT2D eigenvalue weighted by Crippen LogP contribution is -2.40. The highest BCUT2D eigenvalue weighted by Gasteiger charge is 2.33. The van der Waals surface area contributed by atoms with E-state index in [0.29, 0.717) is 22.2 Å². The number of rotatable bonds is 7. The topological polar surface area (TPSA) is 74.4 Å². The maximum Gasteiger partial charge on any atom is 0.266 e. The van der Waals surface area contributed by atoms with Gasteiger partial charge in [-0.3, -0.25) is 14.5 Å². The van der Waals surface area contributed by atoms with E-state index in [-0.39, 0.29) is 18.4 Å². The molecule has 1 aliphatic rings. The highest BCUT2D eigenvalue weighted by molar-refractivity contribution is 8.26. The van der Waals surface area contributed by atoms with Gasteiger partial charge in [-0.2, -0.15) is 0 Å². The molecule has 1 saturated heterocycles. The van der Waals surface area contributed by atoms with E-state index in [0.717, 1.165) is 27.1 Å². The lowest BCUT2D eigenvalue weighted by molar-refractivity contribution is -0.128. The van der Waals surface area contributed by atoms with E-state index in [9.17, 15) is 9.59 Å². The molecule has 2 amide bonds. The summed E-state index contributed by atoms with van der Waals surface area (Å²) in [6, 6.07) is 9.70. The number of amides is 2. The Hall–Kier alpha value is -2.62. The van der Waals surface area contributed by atoms with Crippen molar-refractivity contribution >= 4 is 68.4 Å².